The summed E-state index contributed by atoms with van der Waals surface area (Å²) >= 11 is 0. The zero-order valence-corrected chi connectivity index (χ0v) is 58.1. The predicted molar refractivity (Wildman–Crippen MR) is 449 cm³/mol. The number of fused-ring (bicyclic) bond motifs is 30. The van der Waals surface area contributed by atoms with Crippen LogP contribution < -0.4 is 0 Å². The minimum absolute atomic E-state index is 0.864. The molecule has 25 rings (SSSR count). The molecular formula is C100H58N8. The van der Waals surface area contributed by atoms with Crippen LogP contribution >= 0.6 is 0 Å². The van der Waals surface area contributed by atoms with Crippen molar-refractivity contribution in [3.05, 3.63) is 352 Å². The van der Waals surface area contributed by atoms with Crippen LogP contribution in [0.1, 0.15) is 0 Å². The highest BCUT2D eigenvalue weighted by atomic mass is 15.1. The molecule has 0 spiro atoms. The van der Waals surface area contributed by atoms with E-state index in [1.807, 2.05) is 24.3 Å². The van der Waals surface area contributed by atoms with Crippen molar-refractivity contribution in [1.29, 1.82) is 0 Å². The van der Waals surface area contributed by atoms with Gasteiger partial charge in [0, 0.05) is 87.5 Å². The molecule has 498 valence electrons. The van der Waals surface area contributed by atoms with E-state index >= 15 is 0 Å². The summed E-state index contributed by atoms with van der Waals surface area (Å²) in [4.78, 5) is 21.3. The van der Waals surface area contributed by atoms with Gasteiger partial charge in [0.2, 0.25) is 0 Å². The zero-order valence-electron chi connectivity index (χ0n) is 58.1. The van der Waals surface area contributed by atoms with E-state index in [1.54, 1.807) is 0 Å². The number of nitrogens with zero attached hydrogens (tertiary/aromatic N) is 8. The maximum Gasteiger partial charge on any atom is 0.165 e. The average Bonchev–Trinajstić information content (AvgIpc) is 1.56. The highest BCUT2D eigenvalue weighted by Crippen LogP contribution is 2.52. The molecule has 0 N–H and O–H groups in total. The fourth-order valence-corrected chi connectivity index (χ4v) is 18.5. The molecule has 0 fully saturated rings. The molecule has 0 amide bonds. The second-order valence-electron chi connectivity index (χ2n) is 28.7. The SMILES string of the molecule is c1ccc(-n2c3ccc4ccccc4c3c3ccc4c(-c5cc6c7c(c5)c5ccccc5n7-c5nc7ccccc7nc5-c5ccccc5-6)cccc4c32)cc1.c1ccc(-n2c3ccccc3c3ccc4c(-c5cc6c7c(c5)c5ccccc5n7-c5nc7ccccc7nc5-c5ccccc5-6)cccc4c32)cc1. The summed E-state index contributed by atoms with van der Waals surface area (Å²) in [5.41, 5.74) is 28.7. The molecule has 0 atom stereocenters. The van der Waals surface area contributed by atoms with Crippen molar-refractivity contribution in [2.24, 2.45) is 0 Å². The minimum Gasteiger partial charge on any atom is -0.309 e. The summed E-state index contributed by atoms with van der Waals surface area (Å²) in [7, 11) is 0. The van der Waals surface area contributed by atoms with Crippen LogP contribution in [0.3, 0.4) is 0 Å². The Kier molecular flexibility index (Phi) is 12.2. The molecule has 8 heterocycles. The van der Waals surface area contributed by atoms with Gasteiger partial charge in [-0.05, 0) is 152 Å². The van der Waals surface area contributed by atoms with E-state index in [1.165, 1.54) is 131 Å². The monoisotopic (exact) mass is 1370 g/mol. The van der Waals surface area contributed by atoms with Gasteiger partial charge in [-0.1, -0.05) is 255 Å². The third-order valence-corrected chi connectivity index (χ3v) is 23.0. The first kappa shape index (κ1) is 58.9. The van der Waals surface area contributed by atoms with Crippen molar-refractivity contribution >= 4 is 142 Å². The van der Waals surface area contributed by atoms with Gasteiger partial charge < -0.3 is 9.13 Å². The molecule has 0 aliphatic carbocycles. The fourth-order valence-electron chi connectivity index (χ4n) is 18.5. The summed E-state index contributed by atoms with van der Waals surface area (Å²) in [6, 6.07) is 127. The zero-order chi connectivity index (χ0) is 70.4. The van der Waals surface area contributed by atoms with Gasteiger partial charge in [-0.3, -0.25) is 9.13 Å². The lowest BCUT2D eigenvalue weighted by Crippen LogP contribution is -2.02. The van der Waals surface area contributed by atoms with E-state index in [0.29, 0.717) is 0 Å². The van der Waals surface area contributed by atoms with Crippen LogP contribution in [0.4, 0.5) is 0 Å². The largest absolute Gasteiger partial charge is 0.309 e. The molecule has 0 unspecified atom stereocenters. The Morgan fingerprint density at radius 1 is 0.185 bits per heavy atom. The lowest BCUT2D eigenvalue weighted by molar-refractivity contribution is 1.09. The van der Waals surface area contributed by atoms with Crippen molar-refractivity contribution in [2.45, 2.75) is 0 Å². The Labute approximate surface area is 617 Å². The molecule has 0 bridgehead atoms. The Bertz CT molecular complexity index is 7870. The van der Waals surface area contributed by atoms with Crippen molar-refractivity contribution in [2.75, 3.05) is 0 Å². The topological polar surface area (TPSA) is 71.3 Å². The number of rotatable bonds is 4. The number of para-hydroxylation sites is 9. The lowest BCUT2D eigenvalue weighted by Gasteiger charge is -2.14. The minimum atomic E-state index is 0.864. The van der Waals surface area contributed by atoms with Crippen molar-refractivity contribution < 1.29 is 0 Å². The fraction of sp³-hybridized carbons (Fsp3) is 0. The van der Waals surface area contributed by atoms with Crippen LogP contribution in [0.5, 0.6) is 0 Å². The molecule has 8 heteroatoms. The summed E-state index contributed by atoms with van der Waals surface area (Å²) < 4.78 is 9.60. The Balaban J connectivity index is 0.000000127. The van der Waals surface area contributed by atoms with Crippen molar-refractivity contribution in [1.82, 2.24) is 38.2 Å². The average molecular weight is 1370 g/mol. The first-order valence-corrected chi connectivity index (χ1v) is 36.9. The maximum atomic E-state index is 5.34. The van der Waals surface area contributed by atoms with E-state index in [-0.39, 0.29) is 0 Å². The normalized spacial score (nSPS) is 12.3. The highest BCUT2D eigenvalue weighted by Gasteiger charge is 2.31. The molecule has 23 aromatic rings. The third kappa shape index (κ3) is 8.28. The Hall–Kier alpha value is -14.6. The van der Waals surface area contributed by atoms with Crippen LogP contribution in [0.15, 0.2) is 352 Å². The van der Waals surface area contributed by atoms with Crippen molar-refractivity contribution in [3.8, 4) is 90.0 Å². The molecule has 8 nitrogen and oxygen atoms in total. The maximum absolute atomic E-state index is 5.34. The molecule has 108 heavy (non-hydrogen) atoms. The molecule has 0 saturated heterocycles. The highest BCUT2D eigenvalue weighted by molar-refractivity contribution is 6.28. The van der Waals surface area contributed by atoms with Gasteiger partial charge in [0.1, 0.15) is 11.4 Å². The molecule has 0 radical (unpaired) electrons. The van der Waals surface area contributed by atoms with Gasteiger partial charge in [0.25, 0.3) is 0 Å². The van der Waals surface area contributed by atoms with E-state index < -0.39 is 0 Å². The van der Waals surface area contributed by atoms with Crippen LogP contribution in [0.2, 0.25) is 0 Å². The van der Waals surface area contributed by atoms with Crippen LogP contribution in [-0.4, -0.2) is 38.2 Å². The molecule has 0 saturated carbocycles. The van der Waals surface area contributed by atoms with Gasteiger partial charge in [-0.2, -0.15) is 0 Å². The van der Waals surface area contributed by atoms with Crippen molar-refractivity contribution in [3.63, 3.8) is 0 Å². The van der Waals surface area contributed by atoms with Gasteiger partial charge in [-0.15, -0.1) is 0 Å². The Morgan fingerprint density at radius 2 is 0.546 bits per heavy atom. The number of hydrogen-bond donors (Lipinski definition) is 0. The molecule has 17 aromatic carbocycles. The van der Waals surface area contributed by atoms with E-state index in [2.05, 4.69) is 346 Å². The van der Waals surface area contributed by atoms with Gasteiger partial charge in [0.15, 0.2) is 11.6 Å². The lowest BCUT2D eigenvalue weighted by atomic mass is 9.90. The number of hydrogen-bond acceptors (Lipinski definition) is 4. The summed E-state index contributed by atoms with van der Waals surface area (Å²) in [5, 5.41) is 17.3. The quantitative estimate of drug-likeness (QED) is 0.176. The van der Waals surface area contributed by atoms with Gasteiger partial charge >= 0.3 is 0 Å². The molecule has 2 aliphatic rings. The van der Waals surface area contributed by atoms with Gasteiger partial charge in [0.05, 0.1) is 66.2 Å². The number of aromatic nitrogens is 8. The molecule has 2 aliphatic heterocycles. The molecule has 6 aromatic heterocycles. The standard InChI is InChI=1S/C52H30N4.C48H28N4/c1-2-14-33(15-3-1)55-47-28-25-31-13-4-5-16-35(31)48(47)41-27-26-37-34(20-12-21-40(37)50(41)55)32-29-42-36-17-6-7-19-39(36)49-52(54-45-23-10-9-22-44(45)53-49)56-46-24-11-8-18-38(46)43(30-32)51(42)56;1-2-13-30(14-3-1)51-43-23-10-6-16-34(43)38-26-25-33-31(19-12-20-37(33)46(38)51)29-27-39-32-15-4-5-18-36(32)45-48(50-42-22-9-8-21-41(42)49-45)52-44-24-11-7-17-35(44)40(28-29)47(39)52/h1-30H;1-28H. The first-order chi connectivity index (χ1) is 53.6. The second-order valence-corrected chi connectivity index (χ2v) is 28.7. The first-order valence-electron chi connectivity index (χ1n) is 36.9. The smallest absolute Gasteiger partial charge is 0.165 e. The summed E-state index contributed by atoms with van der Waals surface area (Å²) in [6.07, 6.45) is 0. The second kappa shape index (κ2) is 22.5. The third-order valence-electron chi connectivity index (χ3n) is 23.0. The Morgan fingerprint density at radius 3 is 1.06 bits per heavy atom. The summed E-state index contributed by atoms with van der Waals surface area (Å²) in [6.45, 7) is 0. The summed E-state index contributed by atoms with van der Waals surface area (Å²) in [5.74, 6) is 1.73. The molecular weight excluding hydrogens is 1310 g/mol. The van der Waals surface area contributed by atoms with E-state index in [9.17, 15) is 0 Å². The van der Waals surface area contributed by atoms with Crippen LogP contribution in [0.25, 0.3) is 232 Å². The van der Waals surface area contributed by atoms with Crippen LogP contribution in [-0.2, 0) is 0 Å². The predicted octanol–water partition coefficient (Wildman–Crippen LogP) is 25.7. The number of benzene rings is 17. The van der Waals surface area contributed by atoms with Gasteiger partial charge in [-0.25, -0.2) is 19.9 Å². The van der Waals surface area contributed by atoms with Crippen LogP contribution in [0, 0.1) is 0 Å². The van der Waals surface area contributed by atoms with E-state index in [0.717, 1.165) is 101 Å². The van der Waals surface area contributed by atoms with E-state index in [4.69, 9.17) is 19.9 Å².